The molecular weight excluding hydrogens is 333 g/mol. The molecule has 4 aromatic rings. The number of pyridine rings is 1. The van der Waals surface area contributed by atoms with E-state index in [0.29, 0.717) is 10.6 Å². The number of fused-ring (bicyclic) bond motifs is 1. The fraction of sp³-hybridized carbons (Fsp3) is 0.0455. The molecule has 0 saturated carbocycles. The third kappa shape index (κ3) is 2.90. The third-order valence-corrected chi connectivity index (χ3v) is 4.59. The van der Waals surface area contributed by atoms with E-state index in [2.05, 4.69) is 0 Å². The molecule has 0 aliphatic rings. The number of halogens is 2. The van der Waals surface area contributed by atoms with Crippen molar-refractivity contribution in [2.45, 2.75) is 6.92 Å². The van der Waals surface area contributed by atoms with E-state index < -0.39 is 0 Å². The van der Waals surface area contributed by atoms with Crippen LogP contribution in [-0.2, 0) is 0 Å². The number of hydrogen-bond acceptors (Lipinski definition) is 1. The van der Waals surface area contributed by atoms with Crippen LogP contribution in [0.4, 0.5) is 4.39 Å². The van der Waals surface area contributed by atoms with Crippen LogP contribution in [0.3, 0.4) is 0 Å². The molecule has 1 heterocycles. The highest BCUT2D eigenvalue weighted by Gasteiger charge is 2.13. The minimum atomic E-state index is -0.259. The van der Waals surface area contributed by atoms with E-state index in [1.165, 1.54) is 6.07 Å². The van der Waals surface area contributed by atoms with Gasteiger partial charge in [-0.2, -0.15) is 0 Å². The number of benzene rings is 3. The average molecular weight is 348 g/mol. The molecule has 0 unspecified atom stereocenters. The number of aromatic nitrogens is 1. The molecule has 1 aromatic heterocycles. The van der Waals surface area contributed by atoms with Gasteiger partial charge in [0.2, 0.25) is 0 Å². The van der Waals surface area contributed by atoms with Crippen molar-refractivity contribution in [1.82, 2.24) is 4.98 Å². The Kier molecular flexibility index (Phi) is 3.98. The second-order valence-electron chi connectivity index (χ2n) is 6.01. The molecule has 0 fully saturated rings. The first-order chi connectivity index (χ1) is 12.1. The Labute approximate surface area is 150 Å². The van der Waals surface area contributed by atoms with Crippen molar-refractivity contribution in [3.8, 4) is 22.4 Å². The van der Waals surface area contributed by atoms with Crippen LogP contribution in [0.1, 0.15) is 5.56 Å². The lowest BCUT2D eigenvalue weighted by molar-refractivity contribution is 0.631. The molecule has 0 atom stereocenters. The lowest BCUT2D eigenvalue weighted by atomic mass is 9.96. The van der Waals surface area contributed by atoms with Crippen molar-refractivity contribution in [1.29, 1.82) is 0 Å². The molecule has 0 spiro atoms. The maximum atomic E-state index is 14.5. The molecule has 3 aromatic carbocycles. The van der Waals surface area contributed by atoms with Gasteiger partial charge in [-0.3, -0.25) is 0 Å². The summed E-state index contributed by atoms with van der Waals surface area (Å²) in [7, 11) is 0. The fourth-order valence-electron chi connectivity index (χ4n) is 3.10. The normalized spacial score (nSPS) is 11.0. The van der Waals surface area contributed by atoms with Gasteiger partial charge in [0.05, 0.1) is 11.2 Å². The number of aryl methyl sites for hydroxylation is 1. The van der Waals surface area contributed by atoms with Crippen LogP contribution >= 0.6 is 11.6 Å². The molecule has 0 N–H and O–H groups in total. The Bertz CT molecular complexity index is 1090. The molecule has 1 nitrogen and oxygen atoms in total. The molecule has 0 radical (unpaired) electrons. The van der Waals surface area contributed by atoms with Gasteiger partial charge in [-0.1, -0.05) is 54.1 Å². The zero-order valence-corrected chi connectivity index (χ0v) is 14.4. The third-order valence-electron chi connectivity index (χ3n) is 4.36. The number of hydrogen-bond donors (Lipinski definition) is 0. The van der Waals surface area contributed by atoms with Gasteiger partial charge in [-0.05, 0) is 48.4 Å². The maximum Gasteiger partial charge on any atom is 0.131 e. The van der Waals surface area contributed by atoms with Crippen molar-refractivity contribution in [2.24, 2.45) is 0 Å². The minimum Gasteiger partial charge on any atom is -0.248 e. The first-order valence-electron chi connectivity index (χ1n) is 8.05. The van der Waals surface area contributed by atoms with Gasteiger partial charge in [0.25, 0.3) is 0 Å². The van der Waals surface area contributed by atoms with E-state index in [1.807, 2.05) is 61.5 Å². The van der Waals surface area contributed by atoms with E-state index in [1.54, 1.807) is 12.1 Å². The number of rotatable bonds is 2. The van der Waals surface area contributed by atoms with Crippen LogP contribution in [0.5, 0.6) is 0 Å². The molecule has 0 aliphatic carbocycles. The smallest absolute Gasteiger partial charge is 0.131 e. The molecule has 0 saturated heterocycles. The second kappa shape index (κ2) is 6.30. The van der Waals surface area contributed by atoms with E-state index in [-0.39, 0.29) is 5.82 Å². The molecule has 0 amide bonds. The van der Waals surface area contributed by atoms with Crippen molar-refractivity contribution >= 4 is 22.5 Å². The standard InChI is InChI=1S/C22H15ClFN/c1-14-6-2-3-7-16(14)22-13-18(17-8-4-5-9-20(17)24)19-12-15(23)10-11-21(19)25-22/h2-13H,1H3. The Morgan fingerprint density at radius 3 is 2.28 bits per heavy atom. The molecule has 3 heteroatoms. The summed E-state index contributed by atoms with van der Waals surface area (Å²) in [5.41, 5.74) is 5.13. The van der Waals surface area contributed by atoms with E-state index in [9.17, 15) is 4.39 Å². The van der Waals surface area contributed by atoms with Gasteiger partial charge in [-0.15, -0.1) is 0 Å². The Hall–Kier alpha value is -2.71. The van der Waals surface area contributed by atoms with Crippen LogP contribution in [0, 0.1) is 12.7 Å². The van der Waals surface area contributed by atoms with Crippen LogP contribution in [0.25, 0.3) is 33.3 Å². The largest absolute Gasteiger partial charge is 0.248 e. The van der Waals surface area contributed by atoms with Crippen LogP contribution in [-0.4, -0.2) is 4.98 Å². The highest BCUT2D eigenvalue weighted by Crippen LogP contribution is 2.35. The second-order valence-corrected chi connectivity index (χ2v) is 6.45. The summed E-state index contributed by atoms with van der Waals surface area (Å²) in [6, 6.07) is 22.3. The maximum absolute atomic E-state index is 14.5. The highest BCUT2D eigenvalue weighted by atomic mass is 35.5. The van der Waals surface area contributed by atoms with Gasteiger partial charge in [0.1, 0.15) is 5.82 Å². The summed E-state index contributed by atoms with van der Waals surface area (Å²) in [6.07, 6.45) is 0. The van der Waals surface area contributed by atoms with Crippen molar-refractivity contribution < 1.29 is 4.39 Å². The molecule has 25 heavy (non-hydrogen) atoms. The van der Waals surface area contributed by atoms with Gasteiger partial charge in [0, 0.05) is 21.5 Å². The van der Waals surface area contributed by atoms with Crippen LogP contribution in [0.2, 0.25) is 5.02 Å². The van der Waals surface area contributed by atoms with Crippen LogP contribution in [0.15, 0.2) is 72.8 Å². The molecular formula is C22H15ClFN. The summed E-state index contributed by atoms with van der Waals surface area (Å²) in [5.74, 6) is -0.259. The van der Waals surface area contributed by atoms with E-state index >= 15 is 0 Å². The average Bonchev–Trinajstić information content (AvgIpc) is 2.62. The van der Waals surface area contributed by atoms with Gasteiger partial charge in [0.15, 0.2) is 0 Å². The van der Waals surface area contributed by atoms with Gasteiger partial charge in [-0.25, -0.2) is 9.37 Å². The first-order valence-corrected chi connectivity index (χ1v) is 8.42. The fourth-order valence-corrected chi connectivity index (χ4v) is 3.27. The molecule has 0 bridgehead atoms. The Balaban J connectivity index is 2.08. The van der Waals surface area contributed by atoms with Crippen molar-refractivity contribution in [3.63, 3.8) is 0 Å². The molecule has 4 rings (SSSR count). The number of nitrogens with zero attached hydrogens (tertiary/aromatic N) is 1. The quantitative estimate of drug-likeness (QED) is 0.394. The summed E-state index contributed by atoms with van der Waals surface area (Å²) in [4.78, 5) is 4.78. The predicted molar refractivity (Wildman–Crippen MR) is 102 cm³/mol. The monoisotopic (exact) mass is 347 g/mol. The summed E-state index contributed by atoms with van der Waals surface area (Å²) in [5, 5.41) is 1.45. The van der Waals surface area contributed by atoms with Crippen molar-refractivity contribution in [3.05, 3.63) is 89.2 Å². The summed E-state index contributed by atoms with van der Waals surface area (Å²) >= 11 is 6.18. The topological polar surface area (TPSA) is 12.9 Å². The van der Waals surface area contributed by atoms with Crippen LogP contribution < -0.4 is 0 Å². The first kappa shape index (κ1) is 15.8. The SMILES string of the molecule is Cc1ccccc1-c1cc(-c2ccccc2F)c2cc(Cl)ccc2n1. The zero-order chi connectivity index (χ0) is 17.4. The van der Waals surface area contributed by atoms with E-state index in [0.717, 1.165) is 33.3 Å². The lowest BCUT2D eigenvalue weighted by Crippen LogP contribution is -1.93. The highest BCUT2D eigenvalue weighted by molar-refractivity contribution is 6.31. The zero-order valence-electron chi connectivity index (χ0n) is 13.6. The Morgan fingerprint density at radius 1 is 0.800 bits per heavy atom. The predicted octanol–water partition coefficient (Wildman–Crippen LogP) is 6.67. The minimum absolute atomic E-state index is 0.259. The van der Waals surface area contributed by atoms with Gasteiger partial charge < -0.3 is 0 Å². The van der Waals surface area contributed by atoms with E-state index in [4.69, 9.17) is 16.6 Å². The summed E-state index contributed by atoms with van der Waals surface area (Å²) < 4.78 is 14.5. The van der Waals surface area contributed by atoms with Crippen molar-refractivity contribution in [2.75, 3.05) is 0 Å². The Morgan fingerprint density at radius 2 is 1.52 bits per heavy atom. The summed E-state index contributed by atoms with van der Waals surface area (Å²) in [6.45, 7) is 2.05. The molecule has 0 aliphatic heterocycles. The lowest BCUT2D eigenvalue weighted by Gasteiger charge is -2.12. The molecule has 122 valence electrons. The van der Waals surface area contributed by atoms with Gasteiger partial charge >= 0.3 is 0 Å².